The number of nitrogens with zero attached hydrogens (tertiary/aromatic N) is 2. The van der Waals surface area contributed by atoms with Crippen molar-refractivity contribution >= 4 is 33.0 Å². The minimum Gasteiger partial charge on any atom is -0.484 e. The van der Waals surface area contributed by atoms with E-state index in [2.05, 4.69) is 5.10 Å². The summed E-state index contributed by atoms with van der Waals surface area (Å²) < 4.78 is 30.2. The van der Waals surface area contributed by atoms with Crippen LogP contribution in [0.25, 0.3) is 16.8 Å². The van der Waals surface area contributed by atoms with Crippen LogP contribution in [0.2, 0.25) is 10.0 Å². The molecule has 0 amide bonds. The number of hydrogen-bond acceptors (Lipinski definition) is 7. The van der Waals surface area contributed by atoms with Crippen LogP contribution in [0.3, 0.4) is 0 Å². The molecule has 1 aromatic heterocycles. The first-order valence-electron chi connectivity index (χ1n) is 9.70. The van der Waals surface area contributed by atoms with Crippen LogP contribution in [0, 0.1) is 0 Å². The van der Waals surface area contributed by atoms with Gasteiger partial charge < -0.3 is 14.9 Å². The maximum Gasteiger partial charge on any atom is 0.314 e. The molecule has 3 rings (SSSR count). The lowest BCUT2D eigenvalue weighted by Crippen LogP contribution is -2.40. The molecule has 1 unspecified atom stereocenters. The van der Waals surface area contributed by atoms with Gasteiger partial charge >= 0.3 is 5.56 Å². The second-order valence-corrected chi connectivity index (χ2v) is 10.8. The summed E-state index contributed by atoms with van der Waals surface area (Å²) >= 11 is 12.0. The third-order valence-electron chi connectivity index (χ3n) is 4.88. The number of halogens is 2. The minimum absolute atomic E-state index is 0.114. The van der Waals surface area contributed by atoms with Gasteiger partial charge in [-0.2, -0.15) is 9.78 Å². The van der Waals surface area contributed by atoms with Crippen LogP contribution >= 0.6 is 23.2 Å². The normalized spacial score (nSPS) is 13.1. The monoisotopic (exact) mass is 512 g/mol. The van der Waals surface area contributed by atoms with Gasteiger partial charge in [0.1, 0.15) is 12.7 Å². The predicted molar refractivity (Wildman–Crippen MR) is 126 cm³/mol. The second-order valence-electron chi connectivity index (χ2n) is 7.98. The molecule has 3 aromatic rings. The van der Waals surface area contributed by atoms with Crippen LogP contribution in [-0.4, -0.2) is 53.0 Å². The van der Waals surface area contributed by atoms with Crippen molar-refractivity contribution in [2.24, 2.45) is 0 Å². The Morgan fingerprint density at radius 3 is 2.30 bits per heavy atom. The summed E-state index contributed by atoms with van der Waals surface area (Å²) in [5.74, 6) is -0.147. The van der Waals surface area contributed by atoms with Crippen LogP contribution in [0.15, 0.2) is 58.4 Å². The number of aromatic nitrogens is 2. The minimum atomic E-state index is -3.41. The predicted octanol–water partition coefficient (Wildman–Crippen LogP) is 3.12. The zero-order chi connectivity index (χ0) is 24.6. The summed E-state index contributed by atoms with van der Waals surface area (Å²) in [5, 5.41) is 24.9. The molecule has 8 nitrogen and oxygen atoms in total. The molecule has 0 radical (unpaired) electrons. The van der Waals surface area contributed by atoms with Gasteiger partial charge in [-0.25, -0.2) is 8.42 Å². The zero-order valence-corrected chi connectivity index (χ0v) is 20.3. The van der Waals surface area contributed by atoms with Gasteiger partial charge in [0.25, 0.3) is 0 Å². The number of sulfone groups is 1. The molecular formula is C22H22Cl2N2O6S. The van der Waals surface area contributed by atoms with Crippen molar-refractivity contribution in [3.05, 3.63) is 69.1 Å². The van der Waals surface area contributed by atoms with E-state index in [4.69, 9.17) is 27.9 Å². The Hall–Kier alpha value is -2.43. The van der Waals surface area contributed by atoms with Crippen LogP contribution in [0.5, 0.6) is 5.75 Å². The van der Waals surface area contributed by atoms with E-state index in [0.29, 0.717) is 16.3 Å². The molecule has 0 saturated carbocycles. The van der Waals surface area contributed by atoms with Crippen molar-refractivity contribution in [3.8, 4) is 22.6 Å². The molecule has 11 heteroatoms. The summed E-state index contributed by atoms with van der Waals surface area (Å²) in [6, 6.07) is 10.4. The van der Waals surface area contributed by atoms with E-state index in [-0.39, 0.29) is 27.8 Å². The highest BCUT2D eigenvalue weighted by Gasteiger charge is 2.26. The molecule has 0 aliphatic carbocycles. The molecule has 2 aromatic carbocycles. The highest BCUT2D eigenvalue weighted by atomic mass is 35.5. The smallest absolute Gasteiger partial charge is 0.314 e. The first-order chi connectivity index (χ1) is 15.3. The van der Waals surface area contributed by atoms with Crippen molar-refractivity contribution in [2.45, 2.75) is 30.4 Å². The lowest BCUT2D eigenvalue weighted by Gasteiger charge is -2.24. The molecule has 0 aliphatic rings. The Morgan fingerprint density at radius 2 is 1.76 bits per heavy atom. The first kappa shape index (κ1) is 25.2. The SMILES string of the molecule is CC(C)(O)C(O)COc1c(-c2ccc(S(C)(=O)=O)cc2)cnn(-c2ccc(Cl)c(Cl)c2)c1=O. The maximum atomic E-state index is 13.3. The Kier molecular flexibility index (Phi) is 7.21. The average molecular weight is 513 g/mol. The van der Waals surface area contributed by atoms with Crippen molar-refractivity contribution in [2.75, 3.05) is 12.9 Å². The molecular weight excluding hydrogens is 491 g/mol. The van der Waals surface area contributed by atoms with Gasteiger partial charge in [-0.05, 0) is 49.7 Å². The van der Waals surface area contributed by atoms with E-state index in [1.165, 1.54) is 56.4 Å². The van der Waals surface area contributed by atoms with Crippen LogP contribution in [0.1, 0.15) is 13.8 Å². The molecule has 33 heavy (non-hydrogen) atoms. The molecule has 0 fully saturated rings. The van der Waals surface area contributed by atoms with Gasteiger partial charge in [-0.3, -0.25) is 4.79 Å². The van der Waals surface area contributed by atoms with Crippen LogP contribution in [0.4, 0.5) is 0 Å². The summed E-state index contributed by atoms with van der Waals surface area (Å²) in [6.45, 7) is 2.44. The number of benzene rings is 2. The second kappa shape index (κ2) is 9.44. The molecule has 176 valence electrons. The van der Waals surface area contributed by atoms with Gasteiger partial charge in [-0.15, -0.1) is 0 Å². The number of hydrogen-bond donors (Lipinski definition) is 2. The Bertz CT molecular complexity index is 1330. The van der Waals surface area contributed by atoms with E-state index < -0.39 is 27.1 Å². The molecule has 0 spiro atoms. The third kappa shape index (κ3) is 5.74. The van der Waals surface area contributed by atoms with E-state index in [1.807, 2.05) is 0 Å². The number of rotatable bonds is 7. The van der Waals surface area contributed by atoms with Crippen LogP contribution < -0.4 is 10.3 Å². The van der Waals surface area contributed by atoms with Gasteiger partial charge in [0, 0.05) is 11.8 Å². The largest absolute Gasteiger partial charge is 0.484 e. The lowest BCUT2D eigenvalue weighted by molar-refractivity contribution is -0.0663. The number of aliphatic hydroxyl groups excluding tert-OH is 1. The molecule has 1 heterocycles. The van der Waals surface area contributed by atoms with Crippen molar-refractivity contribution in [1.29, 1.82) is 0 Å². The Labute approximate surface area is 200 Å². The highest BCUT2D eigenvalue weighted by Crippen LogP contribution is 2.29. The fraction of sp³-hybridized carbons (Fsp3) is 0.273. The van der Waals surface area contributed by atoms with E-state index in [0.717, 1.165) is 10.9 Å². The number of ether oxygens (including phenoxy) is 1. The molecule has 0 aliphatic heterocycles. The van der Waals surface area contributed by atoms with E-state index in [1.54, 1.807) is 6.07 Å². The van der Waals surface area contributed by atoms with Crippen molar-refractivity contribution in [1.82, 2.24) is 9.78 Å². The van der Waals surface area contributed by atoms with E-state index in [9.17, 15) is 23.4 Å². The number of aliphatic hydroxyl groups is 2. The lowest BCUT2D eigenvalue weighted by atomic mass is 10.0. The summed E-state index contributed by atoms with van der Waals surface area (Å²) in [5.41, 5.74) is -1.03. The molecule has 0 saturated heterocycles. The average Bonchev–Trinajstić information content (AvgIpc) is 2.73. The van der Waals surface area contributed by atoms with Crippen molar-refractivity contribution in [3.63, 3.8) is 0 Å². The quantitative estimate of drug-likeness (QED) is 0.498. The summed E-state index contributed by atoms with van der Waals surface area (Å²) in [7, 11) is -3.41. The Morgan fingerprint density at radius 1 is 1.12 bits per heavy atom. The van der Waals surface area contributed by atoms with E-state index >= 15 is 0 Å². The summed E-state index contributed by atoms with van der Waals surface area (Å²) in [6.07, 6.45) is 1.18. The standard InChI is InChI=1S/C22H22Cl2N2O6S/c1-22(2,29)19(27)12-32-20-16(13-4-7-15(8-5-13)33(3,30)31)11-25-26(21(20)28)14-6-9-17(23)18(24)10-14/h4-11,19,27,29H,12H2,1-3H3. The molecule has 0 bridgehead atoms. The Balaban J connectivity index is 2.13. The fourth-order valence-electron chi connectivity index (χ4n) is 2.83. The maximum absolute atomic E-state index is 13.3. The third-order valence-corrected chi connectivity index (χ3v) is 6.74. The van der Waals surface area contributed by atoms with Gasteiger partial charge in [0.05, 0.1) is 32.4 Å². The van der Waals surface area contributed by atoms with Crippen LogP contribution in [-0.2, 0) is 9.84 Å². The van der Waals surface area contributed by atoms with Gasteiger partial charge in [0.2, 0.25) is 0 Å². The van der Waals surface area contributed by atoms with Crippen molar-refractivity contribution < 1.29 is 23.4 Å². The first-order valence-corrected chi connectivity index (χ1v) is 12.4. The van der Waals surface area contributed by atoms with Gasteiger partial charge in [-0.1, -0.05) is 35.3 Å². The molecule has 1 atom stereocenters. The fourth-order valence-corrected chi connectivity index (χ4v) is 3.75. The summed E-state index contributed by atoms with van der Waals surface area (Å²) in [4.78, 5) is 13.4. The topological polar surface area (TPSA) is 119 Å². The zero-order valence-electron chi connectivity index (χ0n) is 18.0. The highest BCUT2D eigenvalue weighted by molar-refractivity contribution is 7.90. The van der Waals surface area contributed by atoms with Gasteiger partial charge in [0.15, 0.2) is 15.6 Å². The molecule has 2 N–H and O–H groups in total.